The lowest BCUT2D eigenvalue weighted by atomic mass is 9.96. The first-order valence-corrected chi connectivity index (χ1v) is 9.85. The molecular weight excluding hydrogens is 348 g/mol. The maximum Gasteiger partial charge on any atom is 0.244 e. The van der Waals surface area contributed by atoms with E-state index in [1.54, 1.807) is 0 Å². The number of hydrogen-bond donors (Lipinski definition) is 1. The Kier molecular flexibility index (Phi) is 5.27. The van der Waals surface area contributed by atoms with Crippen LogP contribution in [0.1, 0.15) is 42.9 Å². The molecule has 1 atom stereocenters. The lowest BCUT2D eigenvalue weighted by molar-refractivity contribution is -0.133. The molecule has 0 bridgehead atoms. The maximum absolute atomic E-state index is 13.0. The van der Waals surface area contributed by atoms with Gasteiger partial charge in [0.05, 0.1) is 0 Å². The second-order valence-electron chi connectivity index (χ2n) is 7.30. The molecule has 1 aliphatic carbocycles. The molecule has 1 aromatic carbocycles. The second kappa shape index (κ2) is 7.80. The molecule has 2 fully saturated rings. The summed E-state index contributed by atoms with van der Waals surface area (Å²) in [5.74, 6) is 0.568. The number of hydrogen-bond acceptors (Lipinski definition) is 3. The van der Waals surface area contributed by atoms with Crippen LogP contribution in [0.5, 0.6) is 0 Å². The Labute approximate surface area is 159 Å². The Balaban J connectivity index is 1.48. The van der Waals surface area contributed by atoms with Crippen molar-refractivity contribution in [1.82, 2.24) is 20.0 Å². The number of amides is 1. The molecule has 0 spiro atoms. The summed E-state index contributed by atoms with van der Waals surface area (Å²) in [7, 11) is 0. The van der Waals surface area contributed by atoms with Crippen LogP contribution in [-0.2, 0) is 17.9 Å². The van der Waals surface area contributed by atoms with Gasteiger partial charge in [-0.25, -0.2) is 0 Å². The number of piperidine rings is 1. The Morgan fingerprint density at radius 3 is 2.85 bits per heavy atom. The first-order valence-electron chi connectivity index (χ1n) is 9.47. The summed E-state index contributed by atoms with van der Waals surface area (Å²) < 4.78 is 1.89. The van der Waals surface area contributed by atoms with Crippen LogP contribution >= 0.6 is 11.6 Å². The van der Waals surface area contributed by atoms with Crippen molar-refractivity contribution < 1.29 is 4.79 Å². The van der Waals surface area contributed by atoms with Crippen molar-refractivity contribution in [3.63, 3.8) is 0 Å². The smallest absolute Gasteiger partial charge is 0.244 e. The summed E-state index contributed by atoms with van der Waals surface area (Å²) in [6.07, 6.45) is 6.29. The third-order valence-electron chi connectivity index (χ3n) is 5.36. The normalized spacial score (nSPS) is 20.1. The topological polar surface area (TPSA) is 50.2 Å². The van der Waals surface area contributed by atoms with E-state index in [0.29, 0.717) is 25.0 Å². The van der Waals surface area contributed by atoms with Crippen LogP contribution in [0.2, 0.25) is 5.02 Å². The van der Waals surface area contributed by atoms with E-state index in [-0.39, 0.29) is 5.91 Å². The summed E-state index contributed by atoms with van der Waals surface area (Å²) in [6.45, 7) is 2.92. The van der Waals surface area contributed by atoms with Crippen molar-refractivity contribution >= 4 is 17.5 Å². The monoisotopic (exact) mass is 372 g/mol. The van der Waals surface area contributed by atoms with E-state index in [1.807, 2.05) is 40.0 Å². The number of nitrogens with one attached hydrogen (secondary N) is 1. The zero-order chi connectivity index (χ0) is 17.9. The summed E-state index contributed by atoms with van der Waals surface area (Å²) in [6, 6.07) is 10.2. The zero-order valence-corrected chi connectivity index (χ0v) is 15.7. The standard InChI is InChI=1S/C20H25ClN4O/c21-18-6-2-1-4-16(18)13-24(17-7-8-17)20(26)14-25-19(9-11-23-25)15-5-3-10-22-12-15/h1-2,4,6,9,11,15,17,22H,3,5,7-8,10,12-14H2/t15-/m0/s1. The fraction of sp³-hybridized carbons (Fsp3) is 0.500. The van der Waals surface area contributed by atoms with Gasteiger partial charge in [-0.05, 0) is 49.9 Å². The lowest BCUT2D eigenvalue weighted by Gasteiger charge is -2.26. The molecule has 1 saturated heterocycles. The van der Waals surface area contributed by atoms with Crippen molar-refractivity contribution in [3.8, 4) is 0 Å². The molecular formula is C20H25ClN4O. The second-order valence-corrected chi connectivity index (χ2v) is 7.71. The predicted octanol–water partition coefficient (Wildman–Crippen LogP) is 3.19. The number of rotatable bonds is 6. The molecule has 1 aromatic heterocycles. The molecule has 1 aliphatic heterocycles. The molecule has 2 heterocycles. The number of halogens is 1. The number of carbonyl (C=O) groups excluding carboxylic acids is 1. The van der Waals surface area contributed by atoms with Gasteiger partial charge in [-0.1, -0.05) is 29.8 Å². The van der Waals surface area contributed by atoms with E-state index in [1.165, 1.54) is 12.1 Å². The molecule has 26 heavy (non-hydrogen) atoms. The molecule has 0 radical (unpaired) electrons. The molecule has 5 nitrogen and oxygen atoms in total. The summed E-state index contributed by atoms with van der Waals surface area (Å²) in [5.41, 5.74) is 2.17. The van der Waals surface area contributed by atoms with Crippen LogP contribution in [0.3, 0.4) is 0 Å². The molecule has 1 saturated carbocycles. The highest BCUT2D eigenvalue weighted by molar-refractivity contribution is 6.31. The van der Waals surface area contributed by atoms with Crippen molar-refractivity contribution in [1.29, 1.82) is 0 Å². The van der Waals surface area contributed by atoms with Gasteiger partial charge < -0.3 is 10.2 Å². The average Bonchev–Trinajstić information content (AvgIpc) is 3.40. The lowest BCUT2D eigenvalue weighted by Crippen LogP contribution is -2.36. The molecule has 6 heteroatoms. The Bertz CT molecular complexity index is 765. The first kappa shape index (κ1) is 17.6. The summed E-state index contributed by atoms with van der Waals surface area (Å²) in [4.78, 5) is 15.0. The SMILES string of the molecule is O=C(Cn1nccc1[C@H]1CCCNC1)N(Cc1ccccc1Cl)C1CC1. The average molecular weight is 373 g/mol. The maximum atomic E-state index is 13.0. The Morgan fingerprint density at radius 2 is 2.12 bits per heavy atom. The fourth-order valence-electron chi connectivity index (χ4n) is 3.76. The summed E-state index contributed by atoms with van der Waals surface area (Å²) >= 11 is 6.31. The first-order chi connectivity index (χ1) is 12.7. The van der Waals surface area contributed by atoms with E-state index in [0.717, 1.165) is 42.9 Å². The van der Waals surface area contributed by atoms with Gasteiger partial charge in [0.25, 0.3) is 0 Å². The number of nitrogens with zero attached hydrogens (tertiary/aromatic N) is 3. The molecule has 0 unspecified atom stereocenters. The van der Waals surface area contributed by atoms with Crippen LogP contribution in [0.25, 0.3) is 0 Å². The highest BCUT2D eigenvalue weighted by atomic mass is 35.5. The third-order valence-corrected chi connectivity index (χ3v) is 5.72. The molecule has 1 amide bonds. The van der Waals surface area contributed by atoms with E-state index >= 15 is 0 Å². The predicted molar refractivity (Wildman–Crippen MR) is 102 cm³/mol. The van der Waals surface area contributed by atoms with E-state index in [2.05, 4.69) is 16.5 Å². The van der Waals surface area contributed by atoms with Gasteiger partial charge in [-0.2, -0.15) is 5.10 Å². The van der Waals surface area contributed by atoms with Crippen LogP contribution in [0.4, 0.5) is 0 Å². The Morgan fingerprint density at radius 1 is 1.27 bits per heavy atom. The number of aromatic nitrogens is 2. The van der Waals surface area contributed by atoms with Gasteiger partial charge in [-0.15, -0.1) is 0 Å². The molecule has 1 N–H and O–H groups in total. The Hall–Kier alpha value is -1.85. The van der Waals surface area contributed by atoms with Gasteiger partial charge in [-0.3, -0.25) is 9.48 Å². The van der Waals surface area contributed by atoms with Crippen molar-refractivity contribution in [2.24, 2.45) is 0 Å². The zero-order valence-electron chi connectivity index (χ0n) is 14.9. The molecule has 2 aliphatic rings. The minimum Gasteiger partial charge on any atom is -0.334 e. The van der Waals surface area contributed by atoms with Gasteiger partial charge in [0.1, 0.15) is 6.54 Å². The van der Waals surface area contributed by atoms with Crippen LogP contribution < -0.4 is 5.32 Å². The molecule has 4 rings (SSSR count). The number of benzene rings is 1. The highest BCUT2D eigenvalue weighted by Crippen LogP contribution is 2.30. The highest BCUT2D eigenvalue weighted by Gasteiger charge is 2.33. The van der Waals surface area contributed by atoms with Gasteiger partial charge in [0.15, 0.2) is 0 Å². The van der Waals surface area contributed by atoms with Crippen LogP contribution in [-0.4, -0.2) is 39.7 Å². The minimum atomic E-state index is 0.126. The summed E-state index contributed by atoms with van der Waals surface area (Å²) in [5, 5.41) is 8.60. The van der Waals surface area contributed by atoms with E-state index < -0.39 is 0 Å². The van der Waals surface area contributed by atoms with Crippen LogP contribution in [0.15, 0.2) is 36.5 Å². The van der Waals surface area contributed by atoms with Crippen molar-refractivity contribution in [2.45, 2.75) is 50.7 Å². The van der Waals surface area contributed by atoms with Crippen LogP contribution in [0, 0.1) is 0 Å². The van der Waals surface area contributed by atoms with Gasteiger partial charge in [0, 0.05) is 42.0 Å². The van der Waals surface area contributed by atoms with Crippen molar-refractivity contribution in [2.75, 3.05) is 13.1 Å². The molecule has 138 valence electrons. The largest absolute Gasteiger partial charge is 0.334 e. The van der Waals surface area contributed by atoms with E-state index in [4.69, 9.17) is 11.6 Å². The van der Waals surface area contributed by atoms with Gasteiger partial charge >= 0.3 is 0 Å². The fourth-order valence-corrected chi connectivity index (χ4v) is 3.96. The van der Waals surface area contributed by atoms with Gasteiger partial charge in [0.2, 0.25) is 5.91 Å². The molecule has 2 aromatic rings. The minimum absolute atomic E-state index is 0.126. The number of carbonyl (C=O) groups is 1. The van der Waals surface area contributed by atoms with E-state index in [9.17, 15) is 4.79 Å². The quantitative estimate of drug-likeness (QED) is 0.847. The van der Waals surface area contributed by atoms with Crippen molar-refractivity contribution in [3.05, 3.63) is 52.8 Å². The third kappa shape index (κ3) is 3.94.